The van der Waals surface area contributed by atoms with Crippen LogP contribution in [0.4, 0.5) is 0 Å². The van der Waals surface area contributed by atoms with Gasteiger partial charge in [0.1, 0.15) is 22.5 Å². The summed E-state index contributed by atoms with van der Waals surface area (Å²) in [5.74, 6) is 0.901. The Morgan fingerprint density at radius 3 is 1.64 bits per heavy atom. The third-order valence-corrected chi connectivity index (χ3v) is 14.7. The summed E-state index contributed by atoms with van der Waals surface area (Å²) in [5.41, 5.74) is 19.0. The van der Waals surface area contributed by atoms with Crippen molar-refractivity contribution in [3.63, 3.8) is 0 Å². The summed E-state index contributed by atoms with van der Waals surface area (Å²) in [5, 5.41) is 16.1. The predicted octanol–water partition coefficient (Wildman–Crippen LogP) is 17.9. The molecule has 0 aliphatic heterocycles. The number of allylic oxidation sites excluding steroid dienone is 1. The Balaban J connectivity index is 1.08. The van der Waals surface area contributed by atoms with Crippen LogP contribution >= 0.6 is 0 Å². The van der Waals surface area contributed by atoms with Gasteiger partial charge in [0.05, 0.1) is 0 Å². The van der Waals surface area contributed by atoms with Crippen molar-refractivity contribution in [1.82, 2.24) is 0 Å². The fourth-order valence-electron chi connectivity index (χ4n) is 11.8. The molecule has 296 valence electrons. The summed E-state index contributed by atoms with van der Waals surface area (Å²) >= 11 is 0. The average Bonchev–Trinajstić information content (AvgIpc) is 4.06. The molecule has 0 amide bonds. The fraction of sp³-hybridized carbons (Fsp3) is 0.0323. The smallest absolute Gasteiger partial charge is 0.136 e. The second-order valence-electron chi connectivity index (χ2n) is 17.9. The highest BCUT2D eigenvalue weighted by Crippen LogP contribution is 2.55. The maximum atomic E-state index is 6.57. The van der Waals surface area contributed by atoms with E-state index in [0.29, 0.717) is 0 Å². The van der Waals surface area contributed by atoms with Crippen LogP contribution in [-0.2, 0) is 0 Å². The summed E-state index contributed by atoms with van der Waals surface area (Å²) in [6.45, 7) is 4.44. The molecule has 2 heteroatoms. The minimum absolute atomic E-state index is 0.899. The summed E-state index contributed by atoms with van der Waals surface area (Å²) in [6.07, 6.45) is 2.27. The van der Waals surface area contributed by atoms with E-state index in [-0.39, 0.29) is 0 Å². The molecule has 0 bridgehead atoms. The maximum absolute atomic E-state index is 6.57. The third-order valence-electron chi connectivity index (χ3n) is 14.7. The van der Waals surface area contributed by atoms with E-state index in [0.717, 1.165) is 49.8 Å². The van der Waals surface area contributed by atoms with E-state index in [2.05, 4.69) is 184 Å². The quantitative estimate of drug-likeness (QED) is 0.166. The van der Waals surface area contributed by atoms with Crippen molar-refractivity contribution in [3.8, 4) is 55.6 Å². The normalized spacial score (nSPS) is 12.9. The van der Waals surface area contributed by atoms with Gasteiger partial charge in [-0.05, 0) is 189 Å². The molecule has 64 heavy (non-hydrogen) atoms. The highest BCUT2D eigenvalue weighted by atomic mass is 16.3. The van der Waals surface area contributed by atoms with Crippen LogP contribution < -0.4 is 0 Å². The zero-order chi connectivity index (χ0) is 41.9. The largest absolute Gasteiger partial charge is 0.456 e. The van der Waals surface area contributed by atoms with Crippen LogP contribution in [0.15, 0.2) is 185 Å². The van der Waals surface area contributed by atoms with E-state index in [1.54, 1.807) is 0 Å². The zero-order valence-corrected chi connectivity index (χ0v) is 35.1. The Morgan fingerprint density at radius 1 is 0.375 bits per heavy atom. The molecule has 0 unspecified atom stereocenters. The molecule has 0 fully saturated rings. The van der Waals surface area contributed by atoms with Gasteiger partial charge >= 0.3 is 0 Å². The van der Waals surface area contributed by atoms with Gasteiger partial charge in [0.15, 0.2) is 0 Å². The summed E-state index contributed by atoms with van der Waals surface area (Å²) in [7, 11) is 0. The highest BCUT2D eigenvalue weighted by Gasteiger charge is 2.29. The molecule has 2 aliphatic carbocycles. The number of para-hydroxylation sites is 2. The van der Waals surface area contributed by atoms with Gasteiger partial charge in [0.2, 0.25) is 0 Å². The molecular formula is C62H36O2. The minimum atomic E-state index is 0.899. The van der Waals surface area contributed by atoms with Gasteiger partial charge in [0, 0.05) is 21.7 Å². The Morgan fingerprint density at radius 2 is 0.906 bits per heavy atom. The molecule has 0 saturated carbocycles. The van der Waals surface area contributed by atoms with Gasteiger partial charge < -0.3 is 8.83 Å². The molecule has 0 N–H and O–H groups in total. The Kier molecular flexibility index (Phi) is 6.58. The van der Waals surface area contributed by atoms with Gasteiger partial charge in [-0.25, -0.2) is 0 Å². The first-order valence-corrected chi connectivity index (χ1v) is 22.2. The van der Waals surface area contributed by atoms with Crippen LogP contribution in [-0.4, -0.2) is 0 Å². The van der Waals surface area contributed by atoms with Crippen molar-refractivity contribution in [3.05, 3.63) is 193 Å². The van der Waals surface area contributed by atoms with Crippen LogP contribution in [0.5, 0.6) is 0 Å². The van der Waals surface area contributed by atoms with Crippen molar-refractivity contribution in [1.29, 1.82) is 0 Å². The van der Waals surface area contributed by atoms with Crippen LogP contribution in [0.3, 0.4) is 0 Å². The molecular weight excluding hydrogens is 777 g/mol. The molecule has 15 rings (SSSR count). The van der Waals surface area contributed by atoms with Crippen molar-refractivity contribution in [2.24, 2.45) is 0 Å². The Labute approximate surface area is 367 Å². The SMILES string of the molecule is C/C(=C\c1oc2ccccc2c1C)c1c2c(cc3c1ccc1c4cc5c(cc4c(-c4ccc6c(c4)oc4ccccc46)cc31)-c1cccc3cccc-5c13)-c1cccc3cccc-2c13. The van der Waals surface area contributed by atoms with Gasteiger partial charge in [-0.1, -0.05) is 127 Å². The molecule has 13 aromatic rings. The van der Waals surface area contributed by atoms with Crippen LogP contribution in [0.25, 0.3) is 154 Å². The zero-order valence-electron chi connectivity index (χ0n) is 35.1. The summed E-state index contributed by atoms with van der Waals surface area (Å²) < 4.78 is 13.1. The second-order valence-corrected chi connectivity index (χ2v) is 17.9. The third kappa shape index (κ3) is 4.44. The molecule has 2 aliphatic rings. The molecule has 0 spiro atoms. The number of hydrogen-bond donors (Lipinski definition) is 0. The Hall–Kier alpha value is -8.20. The van der Waals surface area contributed by atoms with Crippen LogP contribution in [0, 0.1) is 6.92 Å². The number of hydrogen-bond acceptors (Lipinski definition) is 2. The van der Waals surface area contributed by atoms with E-state index in [1.165, 1.54) is 115 Å². The molecule has 0 saturated heterocycles. The van der Waals surface area contributed by atoms with Gasteiger partial charge in [0.25, 0.3) is 0 Å². The number of fused-ring (bicyclic) bond motifs is 15. The first-order valence-electron chi connectivity index (χ1n) is 22.2. The lowest BCUT2D eigenvalue weighted by atomic mass is 9.84. The summed E-state index contributed by atoms with van der Waals surface area (Å²) in [6, 6.07) is 65.2. The monoisotopic (exact) mass is 812 g/mol. The van der Waals surface area contributed by atoms with Gasteiger partial charge in [-0.15, -0.1) is 0 Å². The number of furan rings is 2. The minimum Gasteiger partial charge on any atom is -0.456 e. The highest BCUT2D eigenvalue weighted by molar-refractivity contribution is 6.29. The predicted molar refractivity (Wildman–Crippen MR) is 270 cm³/mol. The maximum Gasteiger partial charge on any atom is 0.136 e. The number of benzene rings is 11. The molecule has 2 aromatic heterocycles. The van der Waals surface area contributed by atoms with Crippen molar-refractivity contribution in [2.75, 3.05) is 0 Å². The molecule has 0 radical (unpaired) electrons. The molecule has 2 heterocycles. The van der Waals surface area contributed by atoms with E-state index in [1.807, 2.05) is 12.1 Å². The number of aryl methyl sites for hydroxylation is 1. The van der Waals surface area contributed by atoms with E-state index >= 15 is 0 Å². The second kappa shape index (κ2) is 12.2. The van der Waals surface area contributed by atoms with E-state index < -0.39 is 0 Å². The van der Waals surface area contributed by atoms with Crippen LogP contribution in [0.2, 0.25) is 0 Å². The Bertz CT molecular complexity index is 4310. The summed E-state index contributed by atoms with van der Waals surface area (Å²) in [4.78, 5) is 0. The van der Waals surface area contributed by atoms with E-state index in [9.17, 15) is 0 Å². The lowest BCUT2D eigenvalue weighted by Crippen LogP contribution is -1.93. The first kappa shape index (κ1) is 34.4. The van der Waals surface area contributed by atoms with Gasteiger partial charge in [-0.3, -0.25) is 0 Å². The van der Waals surface area contributed by atoms with Crippen molar-refractivity contribution in [2.45, 2.75) is 13.8 Å². The van der Waals surface area contributed by atoms with Crippen molar-refractivity contribution < 1.29 is 8.83 Å². The fourth-order valence-corrected chi connectivity index (χ4v) is 11.8. The average molecular weight is 813 g/mol. The molecule has 2 nitrogen and oxygen atoms in total. The van der Waals surface area contributed by atoms with E-state index in [4.69, 9.17) is 8.83 Å². The standard InChI is InChI=1S/C62H36O2/c1-33(27-57-34(2)38-15-3-5-21-55(38)63-57)59-45-26-25-39-48(52(45)32-54-44-19-9-13-36-14-10-20-46(61(36)44)62(54)59)29-47(37-23-24-41-40-16-4-6-22-56(40)64-58(41)28-37)53-31-51-43-18-8-12-35-11-7-17-42(60(35)43)50(51)30-49(39)53/h3-32H,1-2H3/b33-27+. The topological polar surface area (TPSA) is 26.3 Å². The first-order chi connectivity index (χ1) is 31.6. The molecule has 0 atom stereocenters. The lowest BCUT2D eigenvalue weighted by Gasteiger charge is -2.19. The number of rotatable bonds is 3. The van der Waals surface area contributed by atoms with Gasteiger partial charge in [-0.2, -0.15) is 0 Å². The van der Waals surface area contributed by atoms with Crippen molar-refractivity contribution >= 4 is 98.4 Å². The lowest BCUT2D eigenvalue weighted by molar-refractivity contribution is 0.601. The van der Waals surface area contributed by atoms with Crippen LogP contribution in [0.1, 0.15) is 23.8 Å². The molecule has 11 aromatic carbocycles.